The smallest absolute Gasteiger partial charge is 0.412 e. The summed E-state index contributed by atoms with van der Waals surface area (Å²) in [5.41, 5.74) is 3.04. The third-order valence-electron chi connectivity index (χ3n) is 11.2. The number of rotatable bonds is 16. The molecule has 3 N–H and O–H groups in total. The molecule has 0 aromatic heterocycles. The molecule has 0 bridgehead atoms. The van der Waals surface area contributed by atoms with Gasteiger partial charge in [-0.25, -0.2) is 4.79 Å². The van der Waals surface area contributed by atoms with Crippen LogP contribution in [-0.4, -0.2) is 85.2 Å². The lowest BCUT2D eigenvalue weighted by molar-refractivity contribution is -0.252. The summed E-state index contributed by atoms with van der Waals surface area (Å²) in [5, 5.41) is 28.9. The van der Waals surface area contributed by atoms with Gasteiger partial charge in [0.1, 0.15) is 24.7 Å². The molecule has 6 rings (SSSR count). The standard InChI is InChI=1S/C43H53N3O8/c1-5-23-52-43-38(46(3)41(49)31-18-17-28-13-7-8-14-29(28)24-31)27-36(45-51-4)34-25-30(15-9-11-21-47)33(16-10-12-22-48)39(40(34)43)35-26-32(19-20-37(35)54-43)53-42(50)44-6-2/h5,7-8,13-14,17-20,24-26,30,33,38-40,47-48H,1,6,9-12,15-16,21-23,27H2,2-4H3,(H,44,50)/t30-,33+,38-,39+,40+,43+/m0/s1. The van der Waals surface area contributed by atoms with Gasteiger partial charge < -0.3 is 39.5 Å². The van der Waals surface area contributed by atoms with E-state index in [4.69, 9.17) is 19.0 Å². The minimum atomic E-state index is -1.38. The van der Waals surface area contributed by atoms with Crippen LogP contribution in [0.15, 0.2) is 90.1 Å². The van der Waals surface area contributed by atoms with Gasteiger partial charge in [0.2, 0.25) is 5.79 Å². The fraction of sp³-hybridized carbons (Fsp3) is 0.465. The number of aliphatic hydroxyl groups is 2. The molecule has 0 spiro atoms. The van der Waals surface area contributed by atoms with E-state index < -0.39 is 23.8 Å². The second kappa shape index (κ2) is 17.6. The summed E-state index contributed by atoms with van der Waals surface area (Å²) in [6, 6.07) is 18.4. The van der Waals surface area contributed by atoms with Gasteiger partial charge in [0, 0.05) is 50.3 Å². The molecule has 1 aliphatic heterocycles. The lowest BCUT2D eigenvalue weighted by Crippen LogP contribution is -2.69. The van der Waals surface area contributed by atoms with Crippen LogP contribution in [0.2, 0.25) is 0 Å². The molecule has 6 atom stereocenters. The van der Waals surface area contributed by atoms with Crippen molar-refractivity contribution in [2.75, 3.05) is 40.5 Å². The van der Waals surface area contributed by atoms with Crippen LogP contribution in [0.4, 0.5) is 4.79 Å². The largest absolute Gasteiger partial charge is 0.459 e. The summed E-state index contributed by atoms with van der Waals surface area (Å²) in [7, 11) is 3.31. The van der Waals surface area contributed by atoms with Crippen LogP contribution in [0, 0.1) is 17.8 Å². The lowest BCUT2D eigenvalue weighted by atomic mass is 9.55. The molecule has 11 nitrogen and oxygen atoms in total. The van der Waals surface area contributed by atoms with Crippen LogP contribution in [-0.2, 0) is 9.57 Å². The molecule has 2 aliphatic carbocycles. The van der Waals surface area contributed by atoms with Gasteiger partial charge in [-0.1, -0.05) is 60.5 Å². The van der Waals surface area contributed by atoms with Crippen molar-refractivity contribution in [2.45, 2.75) is 69.6 Å². The Morgan fingerprint density at radius 1 is 1.04 bits per heavy atom. The van der Waals surface area contributed by atoms with Crippen LogP contribution in [0.5, 0.6) is 11.5 Å². The zero-order valence-electron chi connectivity index (χ0n) is 31.5. The van der Waals surface area contributed by atoms with Gasteiger partial charge in [-0.3, -0.25) is 4.79 Å². The number of hydrogen-bond acceptors (Lipinski definition) is 9. The first-order chi connectivity index (χ1) is 26.3. The van der Waals surface area contributed by atoms with Crippen molar-refractivity contribution < 1.29 is 38.9 Å². The number of carbonyl (C=O) groups is 2. The monoisotopic (exact) mass is 739 g/mol. The van der Waals surface area contributed by atoms with E-state index in [1.54, 1.807) is 24.1 Å². The van der Waals surface area contributed by atoms with Gasteiger partial charge in [0.25, 0.3) is 5.91 Å². The maximum absolute atomic E-state index is 14.6. The Balaban J connectivity index is 1.55. The summed E-state index contributed by atoms with van der Waals surface area (Å²) in [4.78, 5) is 34.4. The maximum Gasteiger partial charge on any atom is 0.412 e. The minimum absolute atomic E-state index is 0.0436. The van der Waals surface area contributed by atoms with E-state index in [9.17, 15) is 19.8 Å². The number of fused-ring (bicyclic) bond motifs is 3. The predicted octanol–water partition coefficient (Wildman–Crippen LogP) is 6.98. The zero-order chi connectivity index (χ0) is 38.2. The van der Waals surface area contributed by atoms with Crippen molar-refractivity contribution in [2.24, 2.45) is 22.9 Å². The molecular weight excluding hydrogens is 686 g/mol. The molecule has 0 radical (unpaired) electrons. The molecule has 2 amide bonds. The van der Waals surface area contributed by atoms with Gasteiger partial charge in [0.05, 0.1) is 18.2 Å². The molecule has 3 aromatic rings. The number of likely N-dealkylation sites (N-methyl/N-ethyl adjacent to an activating group) is 1. The van der Waals surface area contributed by atoms with Gasteiger partial charge in [-0.15, -0.1) is 6.58 Å². The normalized spacial score (nSPS) is 24.8. The summed E-state index contributed by atoms with van der Waals surface area (Å²) in [6.45, 7) is 6.58. The molecule has 288 valence electrons. The SMILES string of the molecule is C=CCO[C@@]12Oc3ccc(OC(=O)NCC)cc3[C@H]3[C@H](CCCCO)[C@@H](CCCCO)C=C(C(=NOC)C[C@@H]1N(C)C(=O)c1ccc4ccccc4c1)[C@H]32. The number of allylic oxidation sites excluding steroid dienone is 1. The topological polar surface area (TPSA) is 139 Å². The van der Waals surface area contributed by atoms with Crippen molar-refractivity contribution in [1.29, 1.82) is 0 Å². The minimum Gasteiger partial charge on any atom is -0.459 e. The number of ether oxygens (including phenoxy) is 3. The lowest BCUT2D eigenvalue weighted by Gasteiger charge is -2.59. The average molecular weight is 740 g/mol. The number of nitrogens with one attached hydrogen (secondary N) is 1. The number of hydrogen-bond donors (Lipinski definition) is 3. The number of oxime groups is 1. The zero-order valence-corrected chi connectivity index (χ0v) is 31.5. The Kier molecular flexibility index (Phi) is 12.7. The molecule has 11 heteroatoms. The molecule has 54 heavy (non-hydrogen) atoms. The van der Waals surface area contributed by atoms with E-state index in [2.05, 4.69) is 23.1 Å². The highest BCUT2D eigenvalue weighted by molar-refractivity contribution is 6.04. The highest BCUT2D eigenvalue weighted by atomic mass is 16.7. The van der Waals surface area contributed by atoms with Gasteiger partial charge >= 0.3 is 6.09 Å². The van der Waals surface area contributed by atoms with Crippen LogP contribution in [0.3, 0.4) is 0 Å². The summed E-state index contributed by atoms with van der Waals surface area (Å²) < 4.78 is 19.8. The second-order valence-electron chi connectivity index (χ2n) is 14.4. The van der Waals surface area contributed by atoms with E-state index in [0.717, 1.165) is 47.6 Å². The molecule has 3 aromatic carbocycles. The van der Waals surface area contributed by atoms with Gasteiger partial charge in [-0.2, -0.15) is 0 Å². The van der Waals surface area contributed by atoms with E-state index >= 15 is 0 Å². The quantitative estimate of drug-likeness (QED) is 0.0813. The van der Waals surface area contributed by atoms with Crippen molar-refractivity contribution in [3.63, 3.8) is 0 Å². The third-order valence-corrected chi connectivity index (χ3v) is 11.2. The van der Waals surface area contributed by atoms with Crippen LogP contribution in [0.25, 0.3) is 10.8 Å². The van der Waals surface area contributed by atoms with E-state index in [0.29, 0.717) is 48.6 Å². The summed E-state index contributed by atoms with van der Waals surface area (Å²) in [5.74, 6) is -1.17. The van der Waals surface area contributed by atoms with Crippen LogP contribution >= 0.6 is 0 Å². The predicted molar refractivity (Wildman–Crippen MR) is 208 cm³/mol. The number of carbonyl (C=O) groups excluding carboxylic acids is 2. The number of nitrogens with zero attached hydrogens (tertiary/aromatic N) is 2. The first kappa shape index (κ1) is 39.0. The third kappa shape index (κ3) is 7.76. The number of aliphatic hydroxyl groups excluding tert-OH is 2. The Labute approximate surface area is 317 Å². The maximum atomic E-state index is 14.6. The highest BCUT2D eigenvalue weighted by Gasteiger charge is 2.65. The van der Waals surface area contributed by atoms with Crippen molar-refractivity contribution in [3.8, 4) is 11.5 Å². The molecule has 0 saturated heterocycles. The van der Waals surface area contributed by atoms with E-state index in [1.165, 1.54) is 7.11 Å². The Morgan fingerprint density at radius 3 is 2.52 bits per heavy atom. The Bertz CT molecular complexity index is 1880. The number of unbranched alkanes of at least 4 members (excludes halogenated alkanes) is 2. The number of benzene rings is 3. The molecule has 1 heterocycles. The second-order valence-corrected chi connectivity index (χ2v) is 14.4. The molecule has 1 fully saturated rings. The highest BCUT2D eigenvalue weighted by Crippen LogP contribution is 2.61. The molecule has 3 aliphatic rings. The Morgan fingerprint density at radius 2 is 1.80 bits per heavy atom. The van der Waals surface area contributed by atoms with Crippen molar-refractivity contribution in [3.05, 3.63) is 96.1 Å². The number of amides is 2. The van der Waals surface area contributed by atoms with Gasteiger partial charge in [-0.05, 0) is 91.1 Å². The van der Waals surface area contributed by atoms with Crippen molar-refractivity contribution >= 4 is 28.5 Å². The van der Waals surface area contributed by atoms with Crippen LogP contribution in [0.1, 0.15) is 73.7 Å². The summed E-state index contributed by atoms with van der Waals surface area (Å²) in [6.07, 6.45) is 8.28. The van der Waals surface area contributed by atoms with Gasteiger partial charge in [0.15, 0.2) is 0 Å². The molecule has 0 unspecified atom stereocenters. The van der Waals surface area contributed by atoms with Crippen LogP contribution < -0.4 is 14.8 Å². The molecule has 1 saturated carbocycles. The Hall–Kier alpha value is -4.71. The van der Waals surface area contributed by atoms with E-state index in [1.807, 2.05) is 61.5 Å². The fourth-order valence-electron chi connectivity index (χ4n) is 8.86. The average Bonchev–Trinajstić information content (AvgIpc) is 3.18. The van der Waals surface area contributed by atoms with E-state index in [-0.39, 0.29) is 43.5 Å². The fourth-order valence-corrected chi connectivity index (χ4v) is 8.86. The molecular formula is C43H53N3O8. The van der Waals surface area contributed by atoms with Crippen molar-refractivity contribution in [1.82, 2.24) is 10.2 Å². The summed E-state index contributed by atoms with van der Waals surface area (Å²) >= 11 is 0. The first-order valence-corrected chi connectivity index (χ1v) is 19.1. The first-order valence-electron chi connectivity index (χ1n) is 19.1.